The standard InChI is InChI=1S/C10H8Cl2N2O5/c1-13(4-8(15)16)10(17)6-2-5(14(18)19)3-7(11)9(6)12/h2-3H,4H2,1H3,(H,15,16). The maximum atomic E-state index is 11.9. The van der Waals surface area contributed by atoms with E-state index < -0.39 is 29.0 Å². The fourth-order valence-electron chi connectivity index (χ4n) is 1.32. The van der Waals surface area contributed by atoms with Gasteiger partial charge in [-0.05, 0) is 0 Å². The average molecular weight is 307 g/mol. The minimum absolute atomic E-state index is 0.150. The molecule has 0 unspecified atom stereocenters. The molecule has 102 valence electrons. The number of carboxylic acids is 1. The Balaban J connectivity index is 3.22. The molecule has 0 heterocycles. The first kappa shape index (κ1) is 15.2. The number of nitro groups is 1. The Morgan fingerprint density at radius 2 is 2.00 bits per heavy atom. The van der Waals surface area contributed by atoms with E-state index in [0.717, 1.165) is 17.0 Å². The van der Waals surface area contributed by atoms with E-state index in [1.165, 1.54) is 7.05 Å². The lowest BCUT2D eigenvalue weighted by Gasteiger charge is -2.15. The lowest BCUT2D eigenvalue weighted by Crippen LogP contribution is -2.32. The molecule has 0 aliphatic rings. The molecule has 0 fully saturated rings. The van der Waals surface area contributed by atoms with Crippen molar-refractivity contribution < 1.29 is 19.6 Å². The van der Waals surface area contributed by atoms with Gasteiger partial charge in [0.05, 0.1) is 20.5 Å². The van der Waals surface area contributed by atoms with Crippen LogP contribution in [0.25, 0.3) is 0 Å². The van der Waals surface area contributed by atoms with Crippen LogP contribution in [0.2, 0.25) is 10.0 Å². The first-order valence-electron chi connectivity index (χ1n) is 4.84. The van der Waals surface area contributed by atoms with Crippen molar-refractivity contribution in [1.29, 1.82) is 0 Å². The summed E-state index contributed by atoms with van der Waals surface area (Å²) in [7, 11) is 1.24. The number of hydrogen-bond acceptors (Lipinski definition) is 4. The third kappa shape index (κ3) is 3.55. The summed E-state index contributed by atoms with van der Waals surface area (Å²) in [5, 5.41) is 18.9. The molecule has 0 aliphatic carbocycles. The number of halogens is 2. The molecule has 1 N–H and O–H groups in total. The summed E-state index contributed by atoms with van der Waals surface area (Å²) in [5.74, 6) is -1.98. The van der Waals surface area contributed by atoms with Crippen LogP contribution in [0.3, 0.4) is 0 Å². The van der Waals surface area contributed by atoms with Gasteiger partial charge in [0.15, 0.2) is 0 Å². The molecular weight excluding hydrogens is 299 g/mol. The summed E-state index contributed by atoms with van der Waals surface area (Å²) in [5.41, 5.74) is -0.619. The van der Waals surface area contributed by atoms with Crippen molar-refractivity contribution >= 4 is 40.8 Å². The molecule has 0 atom stereocenters. The number of carbonyl (C=O) groups excluding carboxylic acids is 1. The van der Waals surface area contributed by atoms with Gasteiger partial charge in [-0.25, -0.2) is 0 Å². The monoisotopic (exact) mass is 306 g/mol. The van der Waals surface area contributed by atoms with Crippen LogP contribution in [-0.2, 0) is 4.79 Å². The summed E-state index contributed by atoms with van der Waals surface area (Å²) in [6.45, 7) is -0.560. The van der Waals surface area contributed by atoms with Crippen LogP contribution in [0.4, 0.5) is 5.69 Å². The van der Waals surface area contributed by atoms with Crippen LogP contribution in [0.1, 0.15) is 10.4 Å². The highest BCUT2D eigenvalue weighted by molar-refractivity contribution is 6.44. The minimum Gasteiger partial charge on any atom is -0.480 e. The predicted molar refractivity (Wildman–Crippen MR) is 67.7 cm³/mol. The average Bonchev–Trinajstić information content (AvgIpc) is 2.30. The second-order valence-electron chi connectivity index (χ2n) is 3.60. The Hall–Kier alpha value is -1.86. The van der Waals surface area contributed by atoms with Crippen molar-refractivity contribution in [3.8, 4) is 0 Å². The van der Waals surface area contributed by atoms with Gasteiger partial charge in [-0.1, -0.05) is 23.2 Å². The number of benzene rings is 1. The zero-order valence-electron chi connectivity index (χ0n) is 9.59. The van der Waals surface area contributed by atoms with Crippen LogP contribution < -0.4 is 0 Å². The smallest absolute Gasteiger partial charge is 0.323 e. The van der Waals surface area contributed by atoms with Gasteiger partial charge >= 0.3 is 5.97 Å². The summed E-state index contributed by atoms with van der Waals surface area (Å²) >= 11 is 11.5. The third-order valence-corrected chi connectivity index (χ3v) is 2.98. The van der Waals surface area contributed by atoms with Crippen molar-refractivity contribution in [2.24, 2.45) is 0 Å². The first-order valence-corrected chi connectivity index (χ1v) is 5.60. The van der Waals surface area contributed by atoms with Gasteiger partial charge < -0.3 is 10.0 Å². The lowest BCUT2D eigenvalue weighted by atomic mass is 10.1. The molecule has 7 nitrogen and oxygen atoms in total. The highest BCUT2D eigenvalue weighted by atomic mass is 35.5. The van der Waals surface area contributed by atoms with Crippen LogP contribution in [0, 0.1) is 10.1 Å². The molecule has 0 aromatic heterocycles. The number of likely N-dealkylation sites (N-methyl/N-ethyl adjacent to an activating group) is 1. The van der Waals surface area contributed by atoms with Crippen molar-refractivity contribution in [2.45, 2.75) is 0 Å². The third-order valence-electron chi connectivity index (χ3n) is 2.17. The van der Waals surface area contributed by atoms with E-state index in [1.807, 2.05) is 0 Å². The number of nitro benzene ring substituents is 1. The molecule has 0 radical (unpaired) electrons. The Morgan fingerprint density at radius 3 is 2.47 bits per heavy atom. The number of carboxylic acid groups (broad SMARTS) is 1. The Labute approximate surface area is 117 Å². The SMILES string of the molecule is CN(CC(=O)O)C(=O)c1cc([N+](=O)[O-])cc(Cl)c1Cl. The van der Waals surface area contributed by atoms with Crippen molar-refractivity contribution in [3.63, 3.8) is 0 Å². The molecule has 1 amide bonds. The van der Waals surface area contributed by atoms with E-state index in [1.54, 1.807) is 0 Å². The molecule has 0 spiro atoms. The van der Waals surface area contributed by atoms with E-state index >= 15 is 0 Å². The number of rotatable bonds is 4. The molecule has 0 saturated heterocycles. The maximum absolute atomic E-state index is 11.9. The van der Waals surface area contributed by atoms with E-state index in [9.17, 15) is 19.7 Å². The summed E-state index contributed by atoms with van der Waals surface area (Å²) in [4.78, 5) is 33.2. The van der Waals surface area contributed by atoms with Gasteiger partial charge in [-0.15, -0.1) is 0 Å². The number of amides is 1. The van der Waals surface area contributed by atoms with Gasteiger partial charge in [0.25, 0.3) is 11.6 Å². The fraction of sp³-hybridized carbons (Fsp3) is 0.200. The molecule has 19 heavy (non-hydrogen) atoms. The molecule has 1 aromatic carbocycles. The Bertz CT molecular complexity index is 561. The second kappa shape index (κ2) is 5.85. The van der Waals surface area contributed by atoms with E-state index in [2.05, 4.69) is 0 Å². The molecule has 9 heteroatoms. The van der Waals surface area contributed by atoms with Crippen molar-refractivity contribution in [1.82, 2.24) is 4.90 Å². The van der Waals surface area contributed by atoms with Gasteiger partial charge in [-0.3, -0.25) is 19.7 Å². The minimum atomic E-state index is -1.22. The zero-order chi connectivity index (χ0) is 14.7. The molecule has 0 bridgehead atoms. The zero-order valence-corrected chi connectivity index (χ0v) is 11.1. The van der Waals surface area contributed by atoms with Gasteiger partial charge in [0, 0.05) is 19.2 Å². The topological polar surface area (TPSA) is 101 Å². The Kier molecular flexibility index (Phi) is 4.68. The van der Waals surface area contributed by atoms with Gasteiger partial charge in [0.1, 0.15) is 6.54 Å². The number of aliphatic carboxylic acids is 1. The molecular formula is C10H8Cl2N2O5. The predicted octanol–water partition coefficient (Wildman–Crippen LogP) is 2.06. The normalized spacial score (nSPS) is 10.1. The molecule has 1 rings (SSSR count). The second-order valence-corrected chi connectivity index (χ2v) is 4.39. The van der Waals surface area contributed by atoms with E-state index in [4.69, 9.17) is 28.3 Å². The first-order chi connectivity index (χ1) is 8.73. The molecule has 0 aliphatic heterocycles. The van der Waals surface area contributed by atoms with E-state index in [-0.39, 0.29) is 15.6 Å². The number of non-ortho nitro benzene ring substituents is 1. The van der Waals surface area contributed by atoms with Crippen LogP contribution >= 0.6 is 23.2 Å². The Morgan fingerprint density at radius 1 is 1.42 bits per heavy atom. The number of nitrogens with zero attached hydrogens (tertiary/aromatic N) is 2. The molecule has 0 saturated carbocycles. The molecule has 1 aromatic rings. The fourth-order valence-corrected chi connectivity index (χ4v) is 1.72. The van der Waals surface area contributed by atoms with Gasteiger partial charge in [-0.2, -0.15) is 0 Å². The van der Waals surface area contributed by atoms with Gasteiger partial charge in [0.2, 0.25) is 0 Å². The lowest BCUT2D eigenvalue weighted by molar-refractivity contribution is -0.384. The number of hydrogen-bond donors (Lipinski definition) is 1. The van der Waals surface area contributed by atoms with E-state index in [0.29, 0.717) is 0 Å². The van der Waals surface area contributed by atoms with Crippen LogP contribution in [0.5, 0.6) is 0 Å². The maximum Gasteiger partial charge on any atom is 0.323 e. The highest BCUT2D eigenvalue weighted by Crippen LogP contribution is 2.31. The largest absolute Gasteiger partial charge is 0.480 e. The summed E-state index contributed by atoms with van der Waals surface area (Å²) in [6, 6.07) is 1.97. The van der Waals surface area contributed by atoms with Crippen LogP contribution in [0.15, 0.2) is 12.1 Å². The summed E-state index contributed by atoms with van der Waals surface area (Å²) < 4.78 is 0. The quantitative estimate of drug-likeness (QED) is 0.677. The van der Waals surface area contributed by atoms with Crippen molar-refractivity contribution in [2.75, 3.05) is 13.6 Å². The highest BCUT2D eigenvalue weighted by Gasteiger charge is 2.22. The number of carbonyl (C=O) groups is 2. The van der Waals surface area contributed by atoms with Crippen LogP contribution in [-0.4, -0.2) is 40.4 Å². The van der Waals surface area contributed by atoms with Crippen molar-refractivity contribution in [3.05, 3.63) is 37.9 Å². The summed E-state index contributed by atoms with van der Waals surface area (Å²) in [6.07, 6.45) is 0.